The smallest absolute Gasteiger partial charge is 0.178 e. The van der Waals surface area contributed by atoms with Gasteiger partial charge in [0.1, 0.15) is 18.3 Å². The monoisotopic (exact) mass is 248 g/mol. The third-order valence-corrected chi connectivity index (χ3v) is 3.16. The van der Waals surface area contributed by atoms with E-state index < -0.39 is 6.10 Å². The second-order valence-electron chi connectivity index (χ2n) is 4.52. The number of rotatable bonds is 4. The summed E-state index contributed by atoms with van der Waals surface area (Å²) >= 11 is 0. The molecule has 0 aromatic heterocycles. The quantitative estimate of drug-likeness (QED) is 0.815. The Morgan fingerprint density at radius 1 is 1.11 bits per heavy atom. The van der Waals surface area contributed by atoms with E-state index in [1.54, 1.807) is 12.2 Å². The van der Waals surface area contributed by atoms with Crippen LogP contribution in [0.1, 0.15) is 5.56 Å². The molecule has 0 spiro atoms. The molecular formula is C14H16O4. The summed E-state index contributed by atoms with van der Waals surface area (Å²) < 4.78 is 16.7. The van der Waals surface area contributed by atoms with Crippen molar-refractivity contribution in [2.24, 2.45) is 0 Å². The Kier molecular flexibility index (Phi) is 3.43. The maximum Gasteiger partial charge on any atom is 0.178 e. The van der Waals surface area contributed by atoms with Gasteiger partial charge in [-0.2, -0.15) is 0 Å². The molecule has 0 saturated carbocycles. The minimum absolute atomic E-state index is 0.205. The molecule has 1 aromatic rings. The fraction of sp³-hybridized carbons (Fsp3) is 0.429. The lowest BCUT2D eigenvalue weighted by atomic mass is 10.1. The van der Waals surface area contributed by atoms with Crippen molar-refractivity contribution >= 4 is 0 Å². The number of fused-ring (bicyclic) bond motifs is 2. The Hall–Kier alpha value is -1.20. The zero-order valence-electron chi connectivity index (χ0n) is 9.94. The van der Waals surface area contributed by atoms with E-state index >= 15 is 0 Å². The standard InChI is InChI=1S/C14H16O4/c15-11-6-7-13-17-12(14(11)18-13)9-16-8-10-4-2-1-3-5-10/h1-7,11-15H,8-9H2/t11-,12+,13-,14+/m0/s1. The minimum Gasteiger partial charge on any atom is -0.386 e. The molecule has 0 amide bonds. The maximum atomic E-state index is 9.74. The van der Waals surface area contributed by atoms with Gasteiger partial charge in [-0.15, -0.1) is 0 Å². The Bertz CT molecular complexity index is 417. The van der Waals surface area contributed by atoms with Gasteiger partial charge in [0.05, 0.1) is 13.2 Å². The molecule has 1 aromatic carbocycles. The molecule has 96 valence electrons. The van der Waals surface area contributed by atoms with Crippen molar-refractivity contribution in [2.75, 3.05) is 6.61 Å². The van der Waals surface area contributed by atoms with E-state index in [1.165, 1.54) is 0 Å². The molecule has 0 unspecified atom stereocenters. The van der Waals surface area contributed by atoms with Crippen LogP contribution in [0, 0.1) is 0 Å². The Morgan fingerprint density at radius 2 is 1.94 bits per heavy atom. The van der Waals surface area contributed by atoms with Gasteiger partial charge in [-0.3, -0.25) is 0 Å². The number of aliphatic hydroxyl groups is 1. The van der Waals surface area contributed by atoms with Gasteiger partial charge in [0, 0.05) is 0 Å². The minimum atomic E-state index is -0.603. The maximum absolute atomic E-state index is 9.74. The molecule has 1 saturated heterocycles. The number of hydrogen-bond donors (Lipinski definition) is 1. The van der Waals surface area contributed by atoms with Crippen molar-refractivity contribution in [3.8, 4) is 0 Å². The lowest BCUT2D eigenvalue weighted by Gasteiger charge is -2.20. The molecule has 1 fully saturated rings. The zero-order valence-corrected chi connectivity index (χ0v) is 9.94. The van der Waals surface area contributed by atoms with Gasteiger partial charge in [-0.25, -0.2) is 0 Å². The number of benzene rings is 1. The molecule has 3 rings (SSSR count). The Labute approximate surface area is 106 Å². The van der Waals surface area contributed by atoms with E-state index in [2.05, 4.69) is 0 Å². The third kappa shape index (κ3) is 2.47. The number of hydrogen-bond acceptors (Lipinski definition) is 4. The van der Waals surface area contributed by atoms with Crippen LogP contribution in [0.25, 0.3) is 0 Å². The lowest BCUT2D eigenvalue weighted by molar-refractivity contribution is -0.0563. The van der Waals surface area contributed by atoms with E-state index in [-0.39, 0.29) is 18.5 Å². The van der Waals surface area contributed by atoms with E-state index in [0.717, 1.165) is 5.56 Å². The molecule has 18 heavy (non-hydrogen) atoms. The normalized spacial score (nSPS) is 33.8. The van der Waals surface area contributed by atoms with Crippen molar-refractivity contribution in [3.63, 3.8) is 0 Å². The van der Waals surface area contributed by atoms with E-state index in [1.807, 2.05) is 30.3 Å². The predicted molar refractivity (Wildman–Crippen MR) is 64.8 cm³/mol. The summed E-state index contributed by atoms with van der Waals surface area (Å²) in [6, 6.07) is 9.97. The van der Waals surface area contributed by atoms with Gasteiger partial charge in [-0.1, -0.05) is 36.4 Å². The molecule has 2 heterocycles. The molecule has 1 N–H and O–H groups in total. The van der Waals surface area contributed by atoms with Gasteiger partial charge in [0.2, 0.25) is 0 Å². The lowest BCUT2D eigenvalue weighted by Crippen LogP contribution is -2.37. The van der Waals surface area contributed by atoms with Gasteiger partial charge >= 0.3 is 0 Å². The topological polar surface area (TPSA) is 47.9 Å². The van der Waals surface area contributed by atoms with Crippen LogP contribution >= 0.6 is 0 Å². The second-order valence-corrected chi connectivity index (χ2v) is 4.52. The van der Waals surface area contributed by atoms with Crippen molar-refractivity contribution in [2.45, 2.75) is 31.2 Å². The zero-order chi connectivity index (χ0) is 12.4. The van der Waals surface area contributed by atoms with Crippen molar-refractivity contribution < 1.29 is 19.3 Å². The van der Waals surface area contributed by atoms with Crippen molar-refractivity contribution in [1.82, 2.24) is 0 Å². The SMILES string of the molecule is O[C@H]1C=C[C@@H]2O[C@H]1[C@@H](COCc1ccccc1)O2. The molecule has 2 aliphatic heterocycles. The summed E-state index contributed by atoms with van der Waals surface area (Å²) in [6.07, 6.45) is 2.01. The van der Waals surface area contributed by atoms with Crippen LogP contribution < -0.4 is 0 Å². The summed E-state index contributed by atoms with van der Waals surface area (Å²) in [7, 11) is 0. The average Bonchev–Trinajstić information content (AvgIpc) is 2.74. The van der Waals surface area contributed by atoms with Crippen molar-refractivity contribution in [1.29, 1.82) is 0 Å². The Balaban J connectivity index is 1.50. The van der Waals surface area contributed by atoms with Gasteiger partial charge in [0.15, 0.2) is 6.29 Å². The van der Waals surface area contributed by atoms with Crippen LogP contribution in [-0.4, -0.2) is 36.3 Å². The fourth-order valence-corrected chi connectivity index (χ4v) is 2.23. The number of ether oxygens (including phenoxy) is 3. The van der Waals surface area contributed by atoms with E-state index in [0.29, 0.717) is 13.2 Å². The van der Waals surface area contributed by atoms with Gasteiger partial charge in [0.25, 0.3) is 0 Å². The molecule has 0 radical (unpaired) electrons. The van der Waals surface area contributed by atoms with Crippen molar-refractivity contribution in [3.05, 3.63) is 48.0 Å². The highest BCUT2D eigenvalue weighted by Crippen LogP contribution is 2.27. The highest BCUT2D eigenvalue weighted by molar-refractivity contribution is 5.13. The molecule has 0 aliphatic carbocycles. The molecule has 4 heteroatoms. The van der Waals surface area contributed by atoms with Crippen LogP contribution in [0.4, 0.5) is 0 Å². The predicted octanol–water partition coefficient (Wildman–Crippen LogP) is 1.24. The first-order valence-corrected chi connectivity index (χ1v) is 6.12. The first-order chi connectivity index (χ1) is 8.83. The van der Waals surface area contributed by atoms with Crippen LogP contribution in [0.3, 0.4) is 0 Å². The van der Waals surface area contributed by atoms with Crippen LogP contribution in [0.5, 0.6) is 0 Å². The van der Waals surface area contributed by atoms with Crippen LogP contribution in [0.15, 0.2) is 42.5 Å². The summed E-state index contributed by atoms with van der Waals surface area (Å²) in [5.74, 6) is 0. The molecule has 2 aliphatic rings. The average molecular weight is 248 g/mol. The van der Waals surface area contributed by atoms with E-state index in [4.69, 9.17) is 14.2 Å². The van der Waals surface area contributed by atoms with Crippen LogP contribution in [-0.2, 0) is 20.8 Å². The third-order valence-electron chi connectivity index (χ3n) is 3.16. The van der Waals surface area contributed by atoms with E-state index in [9.17, 15) is 5.11 Å². The summed E-state index contributed by atoms with van der Waals surface area (Å²) in [4.78, 5) is 0. The highest BCUT2D eigenvalue weighted by atomic mass is 16.7. The summed E-state index contributed by atoms with van der Waals surface area (Å²) in [5, 5.41) is 9.74. The van der Waals surface area contributed by atoms with Gasteiger partial charge < -0.3 is 19.3 Å². The summed E-state index contributed by atoms with van der Waals surface area (Å²) in [5.41, 5.74) is 1.12. The fourth-order valence-electron chi connectivity index (χ4n) is 2.23. The number of aliphatic hydroxyl groups excluding tert-OH is 1. The van der Waals surface area contributed by atoms with Crippen LogP contribution in [0.2, 0.25) is 0 Å². The summed E-state index contributed by atoms with van der Waals surface area (Å²) in [6.45, 7) is 0.969. The molecular weight excluding hydrogens is 232 g/mol. The Morgan fingerprint density at radius 3 is 2.78 bits per heavy atom. The highest BCUT2D eigenvalue weighted by Gasteiger charge is 2.41. The molecule has 4 nitrogen and oxygen atoms in total. The molecule has 2 bridgehead atoms. The molecule has 4 atom stereocenters. The van der Waals surface area contributed by atoms with Gasteiger partial charge in [-0.05, 0) is 11.6 Å². The first-order valence-electron chi connectivity index (χ1n) is 6.12. The first kappa shape index (κ1) is 11.9. The largest absolute Gasteiger partial charge is 0.386 e. The second kappa shape index (κ2) is 5.20.